The van der Waals surface area contributed by atoms with E-state index in [1.165, 1.54) is 24.3 Å². The molecule has 0 saturated carbocycles. The minimum atomic E-state index is -0.965. The van der Waals surface area contributed by atoms with Crippen LogP contribution < -0.4 is 10.1 Å². The van der Waals surface area contributed by atoms with Crippen LogP contribution in [-0.2, 0) is 4.79 Å². The van der Waals surface area contributed by atoms with E-state index in [0.717, 1.165) is 18.6 Å². The third-order valence-electron chi connectivity index (χ3n) is 6.61. The average Bonchev–Trinajstić information content (AvgIpc) is 3.31. The van der Waals surface area contributed by atoms with E-state index in [0.29, 0.717) is 50.1 Å². The van der Waals surface area contributed by atoms with E-state index in [1.807, 2.05) is 4.90 Å². The van der Waals surface area contributed by atoms with Crippen molar-refractivity contribution in [3.05, 3.63) is 65.5 Å². The normalized spacial score (nSPS) is 17.4. The molecule has 6 nitrogen and oxygen atoms in total. The number of amides is 1. The van der Waals surface area contributed by atoms with Crippen LogP contribution in [0.5, 0.6) is 5.75 Å². The largest absolute Gasteiger partial charge is 0.494 e. The molecule has 3 atom stereocenters. The first-order valence-corrected chi connectivity index (χ1v) is 13.2. The third-order valence-corrected chi connectivity index (χ3v) is 6.61. The fourth-order valence-electron chi connectivity index (χ4n) is 4.41. The van der Waals surface area contributed by atoms with Crippen molar-refractivity contribution >= 4 is 11.7 Å². The molecular weight excluding hydrogens is 478 g/mol. The lowest BCUT2D eigenvalue weighted by Crippen LogP contribution is -2.46. The number of nitrogens with one attached hydrogen (secondary N) is 1. The summed E-state index contributed by atoms with van der Waals surface area (Å²) in [5, 5.41) is 14.0. The number of ketones is 1. The number of hydrogen-bond donors (Lipinski definition) is 2. The molecule has 37 heavy (non-hydrogen) atoms. The van der Waals surface area contributed by atoms with Gasteiger partial charge in [-0.2, -0.15) is 0 Å². The Labute approximate surface area is 218 Å². The lowest BCUT2D eigenvalue weighted by atomic mass is 10.0. The molecule has 1 amide bonds. The number of likely N-dealkylation sites (tertiary alicyclic amines) is 1. The summed E-state index contributed by atoms with van der Waals surface area (Å²) < 4.78 is 32.5. The van der Waals surface area contributed by atoms with Gasteiger partial charge in [0.05, 0.1) is 12.6 Å². The fourth-order valence-corrected chi connectivity index (χ4v) is 4.41. The molecule has 0 radical (unpaired) electrons. The van der Waals surface area contributed by atoms with Crippen LogP contribution in [0.3, 0.4) is 0 Å². The van der Waals surface area contributed by atoms with Crippen molar-refractivity contribution < 1.29 is 28.2 Å². The minimum absolute atomic E-state index is 0.0920. The zero-order valence-corrected chi connectivity index (χ0v) is 21.5. The van der Waals surface area contributed by atoms with Crippen LogP contribution in [0.1, 0.15) is 73.9 Å². The smallest absolute Gasteiger partial charge is 0.220 e. The molecular formula is C29H38F2N2O4. The highest BCUT2D eigenvalue weighted by Crippen LogP contribution is 2.23. The SMILES string of the molecule is CCCCOc1ccc([C@@H](O)[C@@H](CN2CC[C@@H](F)C2)NC(=O)CCCCC(=O)c2ccc(F)cc2)cc1. The number of nitrogens with zero attached hydrogens (tertiary/aromatic N) is 1. The molecule has 2 N–H and O–H groups in total. The van der Waals surface area contributed by atoms with Gasteiger partial charge in [0.25, 0.3) is 0 Å². The van der Waals surface area contributed by atoms with Crippen molar-refractivity contribution in [2.24, 2.45) is 0 Å². The molecule has 0 aromatic heterocycles. The number of unbranched alkanes of at least 4 members (excludes halogenated alkanes) is 2. The van der Waals surface area contributed by atoms with Crippen LogP contribution >= 0.6 is 0 Å². The molecule has 202 valence electrons. The minimum Gasteiger partial charge on any atom is -0.494 e. The van der Waals surface area contributed by atoms with E-state index < -0.39 is 24.1 Å². The van der Waals surface area contributed by atoms with Crippen LogP contribution in [0.4, 0.5) is 8.78 Å². The summed E-state index contributed by atoms with van der Waals surface area (Å²) in [5.41, 5.74) is 1.10. The van der Waals surface area contributed by atoms with Gasteiger partial charge in [0.15, 0.2) is 5.78 Å². The second kappa shape index (κ2) is 14.8. The van der Waals surface area contributed by atoms with E-state index in [2.05, 4.69) is 12.2 Å². The highest BCUT2D eigenvalue weighted by molar-refractivity contribution is 5.95. The van der Waals surface area contributed by atoms with Crippen LogP contribution in [0, 0.1) is 5.82 Å². The van der Waals surface area contributed by atoms with E-state index in [9.17, 15) is 23.5 Å². The number of halogens is 2. The van der Waals surface area contributed by atoms with Crippen LogP contribution in [-0.4, -0.2) is 60.2 Å². The van der Waals surface area contributed by atoms with Gasteiger partial charge in [-0.25, -0.2) is 8.78 Å². The zero-order valence-electron chi connectivity index (χ0n) is 21.5. The Morgan fingerprint density at radius 1 is 1.08 bits per heavy atom. The van der Waals surface area contributed by atoms with Crippen molar-refractivity contribution in [2.75, 3.05) is 26.2 Å². The predicted octanol–water partition coefficient (Wildman–Crippen LogP) is 5.01. The van der Waals surface area contributed by atoms with Crippen molar-refractivity contribution in [3.63, 3.8) is 0 Å². The summed E-state index contributed by atoms with van der Waals surface area (Å²) in [6, 6.07) is 12.0. The van der Waals surface area contributed by atoms with E-state index in [1.54, 1.807) is 24.3 Å². The monoisotopic (exact) mass is 516 g/mol. The maximum Gasteiger partial charge on any atom is 0.220 e. The molecule has 1 aliphatic rings. The first-order valence-electron chi connectivity index (χ1n) is 13.2. The number of rotatable bonds is 15. The van der Waals surface area contributed by atoms with Gasteiger partial charge >= 0.3 is 0 Å². The standard InChI is InChI=1S/C29H38F2N2O4/c1-2-3-18-37-25-14-10-22(11-15-25)29(36)26(20-33-17-16-24(31)19-33)32-28(35)7-5-4-6-27(34)21-8-12-23(30)13-9-21/h8-15,24,26,29,36H,2-7,16-20H2,1H3,(H,32,35)/t24-,26-,29-/m1/s1. The van der Waals surface area contributed by atoms with Crippen molar-refractivity contribution in [2.45, 2.75) is 70.2 Å². The molecule has 3 rings (SSSR count). The van der Waals surface area contributed by atoms with Gasteiger partial charge < -0.3 is 15.2 Å². The van der Waals surface area contributed by atoms with Crippen LogP contribution in [0.25, 0.3) is 0 Å². The molecule has 0 spiro atoms. The van der Waals surface area contributed by atoms with Crippen LogP contribution in [0.2, 0.25) is 0 Å². The molecule has 0 unspecified atom stereocenters. The molecule has 0 bridgehead atoms. The molecule has 1 aliphatic heterocycles. The Morgan fingerprint density at radius 3 is 2.43 bits per heavy atom. The molecule has 0 aliphatic carbocycles. The fraction of sp³-hybridized carbons (Fsp3) is 0.517. The highest BCUT2D eigenvalue weighted by Gasteiger charge is 2.29. The molecule has 2 aromatic rings. The third kappa shape index (κ3) is 9.52. The van der Waals surface area contributed by atoms with Gasteiger partial charge in [0, 0.05) is 38.0 Å². The number of alkyl halides is 1. The predicted molar refractivity (Wildman–Crippen MR) is 139 cm³/mol. The van der Waals surface area contributed by atoms with Gasteiger partial charge in [0.2, 0.25) is 5.91 Å². The van der Waals surface area contributed by atoms with Crippen molar-refractivity contribution in [3.8, 4) is 5.75 Å². The second-order valence-electron chi connectivity index (χ2n) is 9.67. The van der Waals surface area contributed by atoms with Gasteiger partial charge in [-0.15, -0.1) is 0 Å². The summed E-state index contributed by atoms with van der Waals surface area (Å²) in [6.07, 6.45) is 2.08. The first kappa shape index (κ1) is 28.7. The Bertz CT molecular complexity index is 984. The molecule has 1 saturated heterocycles. The Hall–Kier alpha value is -2.84. The number of ether oxygens (including phenoxy) is 1. The Morgan fingerprint density at radius 2 is 1.78 bits per heavy atom. The van der Waals surface area contributed by atoms with Gasteiger partial charge in [0.1, 0.15) is 23.8 Å². The summed E-state index contributed by atoms with van der Waals surface area (Å²) in [5.74, 6) is 0.0107. The topological polar surface area (TPSA) is 78.9 Å². The number of carbonyl (C=O) groups is 2. The maximum absolute atomic E-state index is 13.7. The average molecular weight is 517 g/mol. The molecule has 1 heterocycles. The highest BCUT2D eigenvalue weighted by atomic mass is 19.1. The molecule has 2 aromatic carbocycles. The number of hydrogen-bond acceptors (Lipinski definition) is 5. The second-order valence-corrected chi connectivity index (χ2v) is 9.67. The number of benzene rings is 2. The van der Waals surface area contributed by atoms with Crippen molar-refractivity contribution in [1.29, 1.82) is 0 Å². The van der Waals surface area contributed by atoms with Crippen LogP contribution in [0.15, 0.2) is 48.5 Å². The zero-order chi connectivity index (χ0) is 26.6. The van der Waals surface area contributed by atoms with Gasteiger partial charge in [-0.1, -0.05) is 25.5 Å². The Balaban J connectivity index is 1.52. The number of carbonyl (C=O) groups excluding carboxylic acids is 2. The van der Waals surface area contributed by atoms with Gasteiger partial charge in [-0.05, 0) is 67.6 Å². The summed E-state index contributed by atoms with van der Waals surface area (Å²) in [7, 11) is 0. The lowest BCUT2D eigenvalue weighted by molar-refractivity contribution is -0.123. The van der Waals surface area contributed by atoms with Crippen molar-refractivity contribution in [1.82, 2.24) is 10.2 Å². The molecule has 8 heteroatoms. The Kier molecular flexibility index (Phi) is 11.5. The number of aliphatic hydroxyl groups excluding tert-OH is 1. The summed E-state index contributed by atoms with van der Waals surface area (Å²) in [4.78, 5) is 26.9. The number of aliphatic hydroxyl groups is 1. The van der Waals surface area contributed by atoms with E-state index >= 15 is 0 Å². The lowest BCUT2D eigenvalue weighted by Gasteiger charge is -2.29. The maximum atomic E-state index is 13.7. The van der Waals surface area contributed by atoms with Gasteiger partial charge in [-0.3, -0.25) is 14.5 Å². The quantitative estimate of drug-likeness (QED) is 0.257. The molecule has 1 fully saturated rings. The summed E-state index contributed by atoms with van der Waals surface area (Å²) >= 11 is 0. The summed E-state index contributed by atoms with van der Waals surface area (Å²) in [6.45, 7) is 3.93. The number of Topliss-reactive ketones (excluding diaryl/α,β-unsaturated/α-hetero) is 1. The van der Waals surface area contributed by atoms with E-state index in [-0.39, 0.29) is 31.1 Å². The first-order chi connectivity index (χ1) is 17.9. The van der Waals surface area contributed by atoms with E-state index in [4.69, 9.17) is 4.74 Å².